The van der Waals surface area contributed by atoms with Gasteiger partial charge in [-0.15, -0.1) is 0 Å². The second-order valence-electron chi connectivity index (χ2n) is 11.5. The second-order valence-corrected chi connectivity index (χ2v) is 11.5. The van der Waals surface area contributed by atoms with Crippen LogP contribution in [-0.4, -0.2) is 61.7 Å². The predicted molar refractivity (Wildman–Crippen MR) is 176 cm³/mol. The third kappa shape index (κ3) is 5.87. The molecule has 1 fully saturated rings. The zero-order valence-electron chi connectivity index (χ0n) is 24.8. The molecule has 0 spiro atoms. The summed E-state index contributed by atoms with van der Waals surface area (Å²) < 4.78 is 1.93. The molecule has 3 N–H and O–H groups in total. The monoisotopic (exact) mass is 598 g/mol. The molecule has 9 nitrogen and oxygen atoms in total. The lowest BCUT2D eigenvalue weighted by molar-refractivity contribution is 0.0945. The number of amides is 1. The first-order valence-corrected chi connectivity index (χ1v) is 15.3. The van der Waals surface area contributed by atoms with Gasteiger partial charge < -0.3 is 15.4 Å². The molecule has 0 atom stereocenters. The van der Waals surface area contributed by atoms with E-state index in [2.05, 4.69) is 39.5 Å². The van der Waals surface area contributed by atoms with E-state index >= 15 is 0 Å². The number of para-hydroxylation sites is 2. The number of aromatic amines is 1. The highest BCUT2D eigenvalue weighted by atomic mass is 16.3. The molecular formula is C36H34N6O3. The minimum atomic E-state index is -0.261. The quantitative estimate of drug-likeness (QED) is 0.223. The fraction of sp³-hybridized carbons (Fsp3) is 0.222. The third-order valence-corrected chi connectivity index (χ3v) is 8.55. The van der Waals surface area contributed by atoms with Crippen LogP contribution in [0.1, 0.15) is 34.8 Å². The van der Waals surface area contributed by atoms with E-state index in [0.717, 1.165) is 66.0 Å². The maximum atomic E-state index is 12.7. The molecule has 0 saturated carbocycles. The lowest BCUT2D eigenvalue weighted by Gasteiger charge is -2.32. The number of piperidine rings is 1. The second kappa shape index (κ2) is 12.5. The van der Waals surface area contributed by atoms with Gasteiger partial charge in [0.1, 0.15) is 0 Å². The van der Waals surface area contributed by atoms with Crippen molar-refractivity contribution in [1.29, 1.82) is 0 Å². The SMILES string of the molecule is O=C(NCCO)c1ccc2nc(-c3ccccc3)c(-c3ccc(CN4CCC(n5c(=O)[nH]c6ccccc65)CC4)cc3)nc2c1. The first-order chi connectivity index (χ1) is 22.1. The number of likely N-dealkylation sites (tertiary alicyclic amines) is 1. The molecule has 1 saturated heterocycles. The Morgan fingerprint density at radius 3 is 2.29 bits per heavy atom. The maximum absolute atomic E-state index is 12.7. The topological polar surface area (TPSA) is 116 Å². The Hall–Kier alpha value is -5.12. The van der Waals surface area contributed by atoms with Crippen molar-refractivity contribution >= 4 is 28.0 Å². The summed E-state index contributed by atoms with van der Waals surface area (Å²) in [5.74, 6) is -0.261. The van der Waals surface area contributed by atoms with Crippen molar-refractivity contribution in [2.75, 3.05) is 26.2 Å². The van der Waals surface area contributed by atoms with Crippen LogP contribution in [0.4, 0.5) is 0 Å². The fourth-order valence-electron chi connectivity index (χ4n) is 6.26. The van der Waals surface area contributed by atoms with Crippen LogP contribution in [0, 0.1) is 0 Å². The van der Waals surface area contributed by atoms with Crippen molar-refractivity contribution in [3.63, 3.8) is 0 Å². The highest BCUT2D eigenvalue weighted by Gasteiger charge is 2.24. The van der Waals surface area contributed by atoms with Gasteiger partial charge in [-0.25, -0.2) is 14.8 Å². The molecule has 1 amide bonds. The van der Waals surface area contributed by atoms with Gasteiger partial charge in [0.25, 0.3) is 5.91 Å². The number of aliphatic hydroxyl groups excluding tert-OH is 1. The minimum absolute atomic E-state index is 0.0295. The molecule has 1 aliphatic heterocycles. The summed E-state index contributed by atoms with van der Waals surface area (Å²) in [6.07, 6.45) is 1.85. The molecule has 7 rings (SSSR count). The van der Waals surface area contributed by atoms with Crippen LogP contribution in [0.3, 0.4) is 0 Å². The lowest BCUT2D eigenvalue weighted by Crippen LogP contribution is -2.36. The normalized spacial score (nSPS) is 14.2. The molecule has 0 aliphatic carbocycles. The van der Waals surface area contributed by atoms with E-state index in [-0.39, 0.29) is 30.8 Å². The standard InChI is InChI=1S/C36H34N6O3/c43-21-18-37-35(44)27-14-15-29-31(22-27)39-34(33(38-29)25-6-2-1-3-7-25)26-12-10-24(11-13-26)23-41-19-16-28(17-20-41)42-32-9-5-4-8-30(32)40-36(42)45/h1-15,22,28,43H,16-21,23H2,(H,37,44)(H,40,45). The smallest absolute Gasteiger partial charge is 0.326 e. The summed E-state index contributed by atoms with van der Waals surface area (Å²) in [5.41, 5.74) is 8.28. The van der Waals surface area contributed by atoms with Crippen molar-refractivity contribution in [3.8, 4) is 22.5 Å². The largest absolute Gasteiger partial charge is 0.395 e. The minimum Gasteiger partial charge on any atom is -0.395 e. The van der Waals surface area contributed by atoms with Crippen LogP contribution >= 0.6 is 0 Å². The third-order valence-electron chi connectivity index (χ3n) is 8.55. The first kappa shape index (κ1) is 28.6. The highest BCUT2D eigenvalue weighted by Crippen LogP contribution is 2.32. The molecule has 0 radical (unpaired) electrons. The van der Waals surface area contributed by atoms with Crippen molar-refractivity contribution in [1.82, 2.24) is 29.7 Å². The summed E-state index contributed by atoms with van der Waals surface area (Å²) in [6, 6.07) is 31.8. The summed E-state index contributed by atoms with van der Waals surface area (Å²) in [4.78, 5) is 40.7. The Morgan fingerprint density at radius 2 is 1.53 bits per heavy atom. The number of nitrogens with zero attached hydrogens (tertiary/aromatic N) is 4. The maximum Gasteiger partial charge on any atom is 0.326 e. The summed E-state index contributed by atoms with van der Waals surface area (Å²) in [5, 5.41) is 11.8. The molecule has 226 valence electrons. The van der Waals surface area contributed by atoms with Gasteiger partial charge in [0.2, 0.25) is 0 Å². The van der Waals surface area contributed by atoms with Crippen molar-refractivity contribution in [2.45, 2.75) is 25.4 Å². The Morgan fingerprint density at radius 1 is 0.844 bits per heavy atom. The Bertz CT molecular complexity index is 2030. The number of fused-ring (bicyclic) bond motifs is 2. The molecule has 0 bridgehead atoms. The van der Waals surface area contributed by atoms with Gasteiger partial charge in [0.15, 0.2) is 0 Å². The van der Waals surface area contributed by atoms with Gasteiger partial charge in [-0.3, -0.25) is 14.3 Å². The molecule has 45 heavy (non-hydrogen) atoms. The van der Waals surface area contributed by atoms with E-state index in [1.54, 1.807) is 12.1 Å². The Labute approximate surface area is 260 Å². The van der Waals surface area contributed by atoms with Crippen LogP contribution in [0.5, 0.6) is 0 Å². The van der Waals surface area contributed by atoms with E-state index in [0.29, 0.717) is 16.6 Å². The van der Waals surface area contributed by atoms with Crippen LogP contribution in [0.25, 0.3) is 44.6 Å². The van der Waals surface area contributed by atoms with Crippen LogP contribution < -0.4 is 11.0 Å². The molecular weight excluding hydrogens is 564 g/mol. The van der Waals surface area contributed by atoms with E-state index in [9.17, 15) is 9.59 Å². The summed E-state index contributed by atoms with van der Waals surface area (Å²) in [7, 11) is 0. The lowest BCUT2D eigenvalue weighted by atomic mass is 10.0. The van der Waals surface area contributed by atoms with Gasteiger partial charge in [-0.2, -0.15) is 0 Å². The van der Waals surface area contributed by atoms with Crippen LogP contribution in [-0.2, 0) is 6.54 Å². The molecule has 3 heterocycles. The van der Waals surface area contributed by atoms with Crippen molar-refractivity contribution in [3.05, 3.63) is 119 Å². The summed E-state index contributed by atoms with van der Waals surface area (Å²) >= 11 is 0. The van der Waals surface area contributed by atoms with Gasteiger partial charge in [-0.1, -0.05) is 66.7 Å². The van der Waals surface area contributed by atoms with E-state index < -0.39 is 0 Å². The van der Waals surface area contributed by atoms with Crippen LogP contribution in [0.15, 0.2) is 102 Å². The van der Waals surface area contributed by atoms with Gasteiger partial charge in [-0.05, 0) is 48.7 Å². The Kier molecular flexibility index (Phi) is 7.94. The molecule has 2 aromatic heterocycles. The number of carbonyl (C=O) groups excluding carboxylic acids is 1. The number of benzene rings is 4. The van der Waals surface area contributed by atoms with E-state index in [1.807, 2.05) is 65.2 Å². The van der Waals surface area contributed by atoms with Gasteiger partial charge in [0, 0.05) is 48.9 Å². The van der Waals surface area contributed by atoms with Crippen LogP contribution in [0.2, 0.25) is 0 Å². The van der Waals surface area contributed by atoms with Gasteiger partial charge in [0.05, 0.1) is 40.1 Å². The van der Waals surface area contributed by atoms with Gasteiger partial charge >= 0.3 is 5.69 Å². The number of aliphatic hydroxyl groups is 1. The average molecular weight is 599 g/mol. The number of H-pyrrole nitrogens is 1. The number of hydrogen-bond donors (Lipinski definition) is 3. The first-order valence-electron chi connectivity index (χ1n) is 15.3. The van der Waals surface area contributed by atoms with Crippen molar-refractivity contribution in [2.24, 2.45) is 0 Å². The number of imidazole rings is 1. The van der Waals surface area contributed by atoms with E-state index in [1.165, 1.54) is 5.56 Å². The zero-order chi connectivity index (χ0) is 30.8. The van der Waals surface area contributed by atoms with Crippen molar-refractivity contribution < 1.29 is 9.90 Å². The Balaban J connectivity index is 1.11. The molecule has 4 aromatic carbocycles. The number of nitrogens with one attached hydrogen (secondary N) is 2. The molecule has 6 aromatic rings. The highest BCUT2D eigenvalue weighted by molar-refractivity contribution is 5.98. The average Bonchev–Trinajstić information content (AvgIpc) is 3.43. The van der Waals surface area contributed by atoms with E-state index in [4.69, 9.17) is 15.1 Å². The number of rotatable bonds is 8. The molecule has 9 heteroatoms. The number of carbonyl (C=O) groups is 1. The fourth-order valence-corrected chi connectivity index (χ4v) is 6.26. The number of aromatic nitrogens is 4. The zero-order valence-corrected chi connectivity index (χ0v) is 24.8. The predicted octanol–water partition coefficient (Wildman–Crippen LogP) is 5.17. The molecule has 0 unspecified atom stereocenters. The number of hydrogen-bond acceptors (Lipinski definition) is 6. The summed E-state index contributed by atoms with van der Waals surface area (Å²) in [6.45, 7) is 2.73. The molecule has 1 aliphatic rings.